The van der Waals surface area contributed by atoms with Gasteiger partial charge in [-0.25, -0.2) is 0 Å². The van der Waals surface area contributed by atoms with Crippen LogP contribution in [-0.4, -0.2) is 17.8 Å². The van der Waals surface area contributed by atoms with Gasteiger partial charge in [0.15, 0.2) is 0 Å². The molecule has 1 heterocycles. The highest BCUT2D eigenvalue weighted by molar-refractivity contribution is 6.30. The van der Waals surface area contributed by atoms with Gasteiger partial charge in [0.1, 0.15) is 0 Å². The zero-order valence-electron chi connectivity index (χ0n) is 10.5. The largest absolute Gasteiger partial charge is 0.395 e. The molecule has 0 unspecified atom stereocenters. The molecular weight excluding hydrogens is 258 g/mol. The fourth-order valence-electron chi connectivity index (χ4n) is 2.71. The van der Waals surface area contributed by atoms with Crippen LogP contribution < -0.4 is 5.32 Å². The van der Waals surface area contributed by atoms with Crippen LogP contribution in [0, 0.1) is 0 Å². The highest BCUT2D eigenvalue weighted by Crippen LogP contribution is 2.32. The first-order valence-corrected chi connectivity index (χ1v) is 6.86. The maximum atomic E-state index is 9.45. The van der Waals surface area contributed by atoms with E-state index in [1.54, 1.807) is 0 Å². The second kappa shape index (κ2) is 5.33. The molecule has 0 amide bonds. The summed E-state index contributed by atoms with van der Waals surface area (Å²) in [5.41, 5.74) is 3.67. The summed E-state index contributed by atoms with van der Waals surface area (Å²) in [7, 11) is 0. The van der Waals surface area contributed by atoms with E-state index in [9.17, 15) is 5.11 Å². The van der Waals surface area contributed by atoms with Crippen LogP contribution in [0.4, 0.5) is 0 Å². The van der Waals surface area contributed by atoms with Crippen molar-refractivity contribution in [3.05, 3.63) is 70.2 Å². The maximum Gasteiger partial charge on any atom is 0.0588 e. The van der Waals surface area contributed by atoms with Crippen LogP contribution in [0.25, 0.3) is 0 Å². The van der Waals surface area contributed by atoms with E-state index in [4.69, 9.17) is 11.6 Å². The van der Waals surface area contributed by atoms with Gasteiger partial charge in [-0.1, -0.05) is 48.0 Å². The molecule has 0 aromatic heterocycles. The molecule has 2 nitrogen and oxygen atoms in total. The smallest absolute Gasteiger partial charge is 0.0588 e. The maximum absolute atomic E-state index is 9.45. The first-order valence-electron chi connectivity index (χ1n) is 6.48. The van der Waals surface area contributed by atoms with Crippen molar-refractivity contribution in [2.75, 3.05) is 6.61 Å². The molecule has 1 aliphatic rings. The summed E-state index contributed by atoms with van der Waals surface area (Å²) in [4.78, 5) is 0. The van der Waals surface area contributed by atoms with Crippen molar-refractivity contribution in [2.45, 2.75) is 18.5 Å². The SMILES string of the molecule is OC[C@@H]1Cc2ccc(Cl)cc2[C@@H](c2ccccc2)N1. The van der Waals surface area contributed by atoms with Gasteiger partial charge in [0.05, 0.1) is 12.6 Å². The fraction of sp³-hybridized carbons (Fsp3) is 0.250. The van der Waals surface area contributed by atoms with Crippen LogP contribution in [0.5, 0.6) is 0 Å². The standard InChI is InChI=1S/C16H16ClNO/c17-13-7-6-12-8-14(10-19)18-16(15(12)9-13)11-4-2-1-3-5-11/h1-7,9,14,16,18-19H,8,10H2/t14-,16+/m0/s1. The molecular formula is C16H16ClNO. The fourth-order valence-corrected chi connectivity index (χ4v) is 2.89. The van der Waals surface area contributed by atoms with Gasteiger partial charge in [-0.15, -0.1) is 0 Å². The lowest BCUT2D eigenvalue weighted by atomic mass is 9.87. The minimum Gasteiger partial charge on any atom is -0.395 e. The molecule has 0 fully saturated rings. The number of fused-ring (bicyclic) bond motifs is 1. The van der Waals surface area contributed by atoms with Gasteiger partial charge >= 0.3 is 0 Å². The van der Waals surface area contributed by atoms with Gasteiger partial charge in [0.2, 0.25) is 0 Å². The molecule has 1 aliphatic heterocycles. The average Bonchev–Trinajstić information content (AvgIpc) is 2.47. The second-order valence-corrected chi connectivity index (χ2v) is 5.37. The van der Waals surface area contributed by atoms with E-state index >= 15 is 0 Å². The zero-order valence-corrected chi connectivity index (χ0v) is 11.3. The molecule has 2 atom stereocenters. The Kier molecular flexibility index (Phi) is 3.56. The van der Waals surface area contributed by atoms with Crippen LogP contribution in [0.1, 0.15) is 22.7 Å². The van der Waals surface area contributed by atoms with Crippen LogP contribution in [0.2, 0.25) is 5.02 Å². The first kappa shape index (κ1) is 12.7. The van der Waals surface area contributed by atoms with Crippen LogP contribution in [0.15, 0.2) is 48.5 Å². The number of aliphatic hydroxyl groups excluding tert-OH is 1. The van der Waals surface area contributed by atoms with E-state index in [2.05, 4.69) is 23.5 Å². The summed E-state index contributed by atoms with van der Waals surface area (Å²) in [6.07, 6.45) is 0.840. The number of hydrogen-bond donors (Lipinski definition) is 2. The molecule has 2 aromatic rings. The Morgan fingerprint density at radius 1 is 1.16 bits per heavy atom. The number of aliphatic hydroxyl groups is 1. The molecule has 0 aliphatic carbocycles. The molecule has 98 valence electrons. The van der Waals surface area contributed by atoms with E-state index in [-0.39, 0.29) is 18.7 Å². The predicted octanol–water partition coefficient (Wildman–Crippen LogP) is 2.94. The normalized spacial score (nSPS) is 22.0. The van der Waals surface area contributed by atoms with Gasteiger partial charge in [-0.3, -0.25) is 0 Å². The Labute approximate surface area is 118 Å². The molecule has 2 aromatic carbocycles. The lowest BCUT2D eigenvalue weighted by Crippen LogP contribution is -2.42. The van der Waals surface area contributed by atoms with E-state index in [0.29, 0.717) is 0 Å². The Morgan fingerprint density at radius 3 is 2.68 bits per heavy atom. The van der Waals surface area contributed by atoms with Crippen LogP contribution in [0.3, 0.4) is 0 Å². The summed E-state index contributed by atoms with van der Waals surface area (Å²) in [5, 5.41) is 13.7. The molecule has 19 heavy (non-hydrogen) atoms. The summed E-state index contributed by atoms with van der Waals surface area (Å²) in [6.45, 7) is 0.144. The summed E-state index contributed by atoms with van der Waals surface area (Å²) in [5.74, 6) is 0. The van der Waals surface area contributed by atoms with Crippen molar-refractivity contribution in [1.29, 1.82) is 0 Å². The van der Waals surface area contributed by atoms with Gasteiger partial charge in [0, 0.05) is 11.1 Å². The predicted molar refractivity (Wildman–Crippen MR) is 77.5 cm³/mol. The lowest BCUT2D eigenvalue weighted by Gasteiger charge is -2.33. The Balaban J connectivity index is 2.07. The van der Waals surface area contributed by atoms with Crippen molar-refractivity contribution in [3.8, 4) is 0 Å². The minimum absolute atomic E-state index is 0.0962. The zero-order chi connectivity index (χ0) is 13.2. The average molecular weight is 274 g/mol. The summed E-state index contributed by atoms with van der Waals surface area (Å²) in [6, 6.07) is 16.5. The molecule has 3 rings (SSSR count). The number of rotatable bonds is 2. The molecule has 0 saturated heterocycles. The Hall–Kier alpha value is -1.35. The third-order valence-electron chi connectivity index (χ3n) is 3.64. The van der Waals surface area contributed by atoms with Crippen molar-refractivity contribution in [1.82, 2.24) is 5.32 Å². The van der Waals surface area contributed by atoms with E-state index in [1.165, 1.54) is 16.7 Å². The highest BCUT2D eigenvalue weighted by atomic mass is 35.5. The van der Waals surface area contributed by atoms with E-state index in [1.807, 2.05) is 30.3 Å². The van der Waals surface area contributed by atoms with Crippen LogP contribution in [-0.2, 0) is 6.42 Å². The summed E-state index contributed by atoms with van der Waals surface area (Å²) >= 11 is 6.12. The molecule has 3 heteroatoms. The van der Waals surface area contributed by atoms with Gasteiger partial charge in [-0.2, -0.15) is 0 Å². The van der Waals surface area contributed by atoms with Gasteiger partial charge < -0.3 is 10.4 Å². The molecule has 0 bridgehead atoms. The molecule has 2 N–H and O–H groups in total. The van der Waals surface area contributed by atoms with Crippen molar-refractivity contribution < 1.29 is 5.11 Å². The van der Waals surface area contributed by atoms with Gasteiger partial charge in [-0.05, 0) is 35.2 Å². The van der Waals surface area contributed by atoms with Gasteiger partial charge in [0.25, 0.3) is 0 Å². The first-order chi connectivity index (χ1) is 9.28. The Morgan fingerprint density at radius 2 is 1.95 bits per heavy atom. The quantitative estimate of drug-likeness (QED) is 0.882. The molecule has 0 saturated carbocycles. The number of halogens is 1. The highest BCUT2D eigenvalue weighted by Gasteiger charge is 2.26. The second-order valence-electron chi connectivity index (χ2n) is 4.94. The number of hydrogen-bond acceptors (Lipinski definition) is 2. The Bertz CT molecular complexity index is 570. The monoisotopic (exact) mass is 273 g/mol. The number of benzene rings is 2. The van der Waals surface area contributed by atoms with E-state index < -0.39 is 0 Å². The van der Waals surface area contributed by atoms with Crippen molar-refractivity contribution >= 4 is 11.6 Å². The number of nitrogens with one attached hydrogen (secondary N) is 1. The summed E-state index contributed by atoms with van der Waals surface area (Å²) < 4.78 is 0. The molecule has 0 radical (unpaired) electrons. The third-order valence-corrected chi connectivity index (χ3v) is 3.88. The van der Waals surface area contributed by atoms with Crippen molar-refractivity contribution in [2.24, 2.45) is 0 Å². The van der Waals surface area contributed by atoms with Crippen molar-refractivity contribution in [3.63, 3.8) is 0 Å². The molecule has 0 spiro atoms. The van der Waals surface area contributed by atoms with E-state index in [0.717, 1.165) is 11.4 Å². The topological polar surface area (TPSA) is 32.3 Å². The third kappa shape index (κ3) is 2.52. The lowest BCUT2D eigenvalue weighted by molar-refractivity contribution is 0.229. The minimum atomic E-state index is 0.0962. The van der Waals surface area contributed by atoms with Crippen LogP contribution >= 0.6 is 11.6 Å².